The third-order valence-electron chi connectivity index (χ3n) is 9.64. The van der Waals surface area contributed by atoms with Gasteiger partial charge in [-0.15, -0.1) is 0 Å². The number of hydrogen-bond donors (Lipinski definition) is 1. The van der Waals surface area contributed by atoms with Crippen LogP contribution < -0.4 is 5.73 Å². The van der Waals surface area contributed by atoms with Crippen LogP contribution in [0.3, 0.4) is 0 Å². The molecule has 4 aliphatic carbocycles. The van der Waals surface area contributed by atoms with E-state index in [0.29, 0.717) is 10.8 Å². The van der Waals surface area contributed by atoms with Crippen molar-refractivity contribution < 1.29 is 0 Å². The van der Waals surface area contributed by atoms with Gasteiger partial charge in [-0.3, -0.25) is 0 Å². The van der Waals surface area contributed by atoms with E-state index in [1.54, 1.807) is 0 Å². The fourth-order valence-electron chi connectivity index (χ4n) is 8.31. The van der Waals surface area contributed by atoms with Gasteiger partial charge in [0.1, 0.15) is 0 Å². The Morgan fingerprint density at radius 1 is 1.12 bits per heavy atom. The Labute approximate surface area is 156 Å². The Morgan fingerprint density at radius 3 is 2.76 bits per heavy atom. The molecule has 142 valence electrons. The second kappa shape index (κ2) is 6.70. The first kappa shape index (κ1) is 18.1. The Bertz CT molecular complexity index is 522. The maximum absolute atomic E-state index is 5.80. The van der Waals surface area contributed by atoms with Crippen molar-refractivity contribution in [3.8, 4) is 0 Å². The van der Waals surface area contributed by atoms with E-state index in [1.807, 2.05) is 5.57 Å². The first-order chi connectivity index (χ1) is 12.0. The molecule has 0 aromatic carbocycles. The maximum Gasteiger partial charge on any atom is -0.00772 e. The highest BCUT2D eigenvalue weighted by atomic mass is 14.6. The van der Waals surface area contributed by atoms with Crippen LogP contribution in [-0.4, -0.2) is 6.54 Å². The van der Waals surface area contributed by atoms with Crippen LogP contribution in [0.2, 0.25) is 0 Å². The van der Waals surface area contributed by atoms with E-state index < -0.39 is 0 Å². The third-order valence-corrected chi connectivity index (χ3v) is 9.64. The minimum absolute atomic E-state index is 0.561. The number of nitrogens with two attached hydrogens (primary N) is 1. The summed E-state index contributed by atoms with van der Waals surface area (Å²) in [6.07, 6.45) is 18.5. The van der Waals surface area contributed by atoms with E-state index in [4.69, 9.17) is 5.73 Å². The highest BCUT2D eigenvalue weighted by Gasteiger charge is 2.58. The van der Waals surface area contributed by atoms with E-state index >= 15 is 0 Å². The molecule has 0 saturated heterocycles. The van der Waals surface area contributed by atoms with Gasteiger partial charge in [-0.05, 0) is 111 Å². The highest BCUT2D eigenvalue weighted by molar-refractivity contribution is 5.24. The lowest BCUT2D eigenvalue weighted by atomic mass is 9.47. The van der Waals surface area contributed by atoms with Crippen molar-refractivity contribution in [3.05, 3.63) is 11.6 Å². The molecule has 0 aromatic rings. The molecule has 1 nitrogen and oxygen atoms in total. The predicted octanol–water partition coefficient (Wildman–Crippen LogP) is 6.33. The summed E-state index contributed by atoms with van der Waals surface area (Å²) < 4.78 is 0. The Hall–Kier alpha value is -0.300. The molecule has 0 aliphatic heterocycles. The molecule has 0 aromatic heterocycles. The molecule has 0 amide bonds. The summed E-state index contributed by atoms with van der Waals surface area (Å²) >= 11 is 0. The van der Waals surface area contributed by atoms with E-state index in [1.165, 1.54) is 70.6 Å². The van der Waals surface area contributed by atoms with Crippen molar-refractivity contribution in [3.63, 3.8) is 0 Å². The monoisotopic (exact) mass is 343 g/mol. The molecular formula is C24H41N. The third kappa shape index (κ3) is 2.75. The first-order valence-corrected chi connectivity index (χ1v) is 11.4. The molecule has 3 saturated carbocycles. The van der Waals surface area contributed by atoms with Crippen LogP contribution >= 0.6 is 0 Å². The van der Waals surface area contributed by atoms with Gasteiger partial charge in [0.2, 0.25) is 0 Å². The van der Waals surface area contributed by atoms with Crippen LogP contribution in [0.1, 0.15) is 91.4 Å². The predicted molar refractivity (Wildman–Crippen MR) is 107 cm³/mol. The summed E-state index contributed by atoms with van der Waals surface area (Å²) in [4.78, 5) is 0. The molecule has 0 radical (unpaired) electrons. The molecule has 1 unspecified atom stereocenters. The summed E-state index contributed by atoms with van der Waals surface area (Å²) in [5, 5.41) is 0. The molecule has 25 heavy (non-hydrogen) atoms. The van der Waals surface area contributed by atoms with E-state index in [-0.39, 0.29) is 0 Å². The summed E-state index contributed by atoms with van der Waals surface area (Å²) in [7, 11) is 0. The molecule has 1 heteroatoms. The lowest BCUT2D eigenvalue weighted by Gasteiger charge is -2.58. The van der Waals surface area contributed by atoms with Gasteiger partial charge in [0.15, 0.2) is 0 Å². The van der Waals surface area contributed by atoms with Crippen LogP contribution in [0.5, 0.6) is 0 Å². The Kier molecular flexibility index (Phi) is 4.84. The van der Waals surface area contributed by atoms with Gasteiger partial charge in [-0.2, -0.15) is 0 Å². The topological polar surface area (TPSA) is 26.0 Å². The zero-order chi connectivity index (χ0) is 17.7. The largest absolute Gasteiger partial charge is 0.330 e. The van der Waals surface area contributed by atoms with Gasteiger partial charge in [-0.1, -0.05) is 38.8 Å². The van der Waals surface area contributed by atoms with Gasteiger partial charge in [-0.25, -0.2) is 0 Å². The van der Waals surface area contributed by atoms with E-state index in [9.17, 15) is 0 Å². The van der Waals surface area contributed by atoms with Gasteiger partial charge in [0.05, 0.1) is 0 Å². The lowest BCUT2D eigenvalue weighted by Crippen LogP contribution is -2.50. The average molecular weight is 344 g/mol. The normalized spacial score (nSPS) is 47.4. The molecule has 0 heterocycles. The number of allylic oxidation sites excluding steroid dienone is 2. The zero-order valence-corrected chi connectivity index (χ0v) is 17.0. The van der Waals surface area contributed by atoms with Gasteiger partial charge in [0.25, 0.3) is 0 Å². The molecule has 7 atom stereocenters. The van der Waals surface area contributed by atoms with Crippen molar-refractivity contribution in [1.82, 2.24) is 0 Å². The second-order valence-corrected chi connectivity index (χ2v) is 10.6. The molecule has 3 fully saturated rings. The average Bonchev–Trinajstić information content (AvgIpc) is 2.96. The van der Waals surface area contributed by atoms with Crippen LogP contribution in [0, 0.1) is 40.4 Å². The summed E-state index contributed by atoms with van der Waals surface area (Å²) in [6.45, 7) is 8.73. The number of fused-ring (bicyclic) bond motifs is 5. The van der Waals surface area contributed by atoms with Gasteiger partial charge < -0.3 is 5.73 Å². The van der Waals surface area contributed by atoms with Crippen molar-refractivity contribution in [1.29, 1.82) is 0 Å². The standard InChI is InChI=1S/C24H41N/c1-17(7-6-16-25)20-11-12-21-19-10-9-18-8-4-5-14-23(18,2)22(19)13-15-24(20,21)3/h9,17,19-22H,4-8,10-16,25H2,1-3H3/t17?,19-,20+,21-,22-,23-,24+/m0/s1. The van der Waals surface area contributed by atoms with Crippen LogP contribution in [0.4, 0.5) is 0 Å². The van der Waals surface area contributed by atoms with Crippen LogP contribution in [-0.2, 0) is 0 Å². The van der Waals surface area contributed by atoms with Crippen LogP contribution in [0.15, 0.2) is 11.6 Å². The molecular weight excluding hydrogens is 302 g/mol. The van der Waals surface area contributed by atoms with E-state index in [2.05, 4.69) is 26.8 Å². The molecule has 4 rings (SSSR count). The van der Waals surface area contributed by atoms with Crippen molar-refractivity contribution in [2.75, 3.05) is 6.54 Å². The number of rotatable bonds is 4. The van der Waals surface area contributed by atoms with Gasteiger partial charge >= 0.3 is 0 Å². The lowest BCUT2D eigenvalue weighted by molar-refractivity contribution is -0.0499. The first-order valence-electron chi connectivity index (χ1n) is 11.4. The second-order valence-electron chi connectivity index (χ2n) is 10.6. The van der Waals surface area contributed by atoms with Crippen molar-refractivity contribution >= 4 is 0 Å². The SMILES string of the molecule is CC(CCCN)[C@H]1CC[C@H]2[C@@H]3CC=C4CCCC[C@]4(C)[C@H]3CC[C@]12C. The molecule has 2 N–H and O–H groups in total. The molecule has 0 bridgehead atoms. The summed E-state index contributed by atoms with van der Waals surface area (Å²) in [5.41, 5.74) is 8.83. The molecule has 0 spiro atoms. The quantitative estimate of drug-likeness (QED) is 0.593. The van der Waals surface area contributed by atoms with Crippen molar-refractivity contribution in [2.45, 2.75) is 91.4 Å². The Morgan fingerprint density at radius 2 is 1.96 bits per heavy atom. The minimum atomic E-state index is 0.561. The highest BCUT2D eigenvalue weighted by Crippen LogP contribution is 2.67. The summed E-state index contributed by atoms with van der Waals surface area (Å²) in [6, 6.07) is 0. The summed E-state index contributed by atoms with van der Waals surface area (Å²) in [5.74, 6) is 4.79. The number of hydrogen-bond acceptors (Lipinski definition) is 1. The molecule has 4 aliphatic rings. The fraction of sp³-hybridized carbons (Fsp3) is 0.917. The Balaban J connectivity index is 1.56. The van der Waals surface area contributed by atoms with Crippen LogP contribution in [0.25, 0.3) is 0 Å². The minimum Gasteiger partial charge on any atom is -0.330 e. The smallest absolute Gasteiger partial charge is 0.00772 e. The zero-order valence-electron chi connectivity index (χ0n) is 17.0. The fourth-order valence-corrected chi connectivity index (χ4v) is 8.31. The van der Waals surface area contributed by atoms with Crippen molar-refractivity contribution in [2.24, 2.45) is 46.2 Å². The van der Waals surface area contributed by atoms with Gasteiger partial charge in [0, 0.05) is 0 Å². The van der Waals surface area contributed by atoms with E-state index in [0.717, 1.165) is 36.1 Å². The maximum atomic E-state index is 5.80.